The zero-order valence-corrected chi connectivity index (χ0v) is 19.2. The first kappa shape index (κ1) is 24.6. The van der Waals surface area contributed by atoms with Gasteiger partial charge in [-0.1, -0.05) is 38.1 Å². The van der Waals surface area contributed by atoms with Crippen molar-refractivity contribution in [2.75, 3.05) is 59.7 Å². The van der Waals surface area contributed by atoms with Crippen LogP contribution >= 0.6 is 0 Å². The molecule has 2 N–H and O–H groups in total. The maximum Gasteiger partial charge on any atom is 0.191 e. The van der Waals surface area contributed by atoms with Gasteiger partial charge in [0.2, 0.25) is 0 Å². The molecule has 0 radical (unpaired) electrons. The monoisotopic (exact) mass is 420 g/mol. The summed E-state index contributed by atoms with van der Waals surface area (Å²) < 4.78 is 16.5. The molecule has 0 amide bonds. The molecule has 30 heavy (non-hydrogen) atoms. The van der Waals surface area contributed by atoms with Crippen LogP contribution in [0.3, 0.4) is 0 Å². The third-order valence-corrected chi connectivity index (χ3v) is 5.28. The lowest BCUT2D eigenvalue weighted by atomic mass is 10.0. The van der Waals surface area contributed by atoms with E-state index in [-0.39, 0.29) is 0 Å². The Bertz CT molecular complexity index is 618. The Morgan fingerprint density at radius 2 is 1.87 bits per heavy atom. The first-order valence-corrected chi connectivity index (χ1v) is 11.1. The second-order valence-electron chi connectivity index (χ2n) is 7.84. The van der Waals surface area contributed by atoms with Crippen molar-refractivity contribution >= 4 is 5.96 Å². The summed E-state index contributed by atoms with van der Waals surface area (Å²) in [5.74, 6) is 1.39. The summed E-state index contributed by atoms with van der Waals surface area (Å²) in [6.45, 7) is 14.4. The number of aliphatic imine (C=N–C) groups is 1. The average Bonchev–Trinajstić information content (AvgIpc) is 2.76. The van der Waals surface area contributed by atoms with Gasteiger partial charge in [-0.05, 0) is 24.0 Å². The smallest absolute Gasteiger partial charge is 0.191 e. The number of nitrogens with one attached hydrogen (secondary N) is 2. The van der Waals surface area contributed by atoms with Crippen molar-refractivity contribution in [1.29, 1.82) is 0 Å². The molecule has 0 aromatic heterocycles. The van der Waals surface area contributed by atoms with Crippen LogP contribution < -0.4 is 10.6 Å². The normalized spacial score (nSPS) is 16.6. The number of nitrogens with zero attached hydrogens (tertiary/aromatic N) is 2. The summed E-state index contributed by atoms with van der Waals surface area (Å²) >= 11 is 0. The summed E-state index contributed by atoms with van der Waals surface area (Å²) in [5.41, 5.74) is 2.37. The Labute approximate surface area is 182 Å². The van der Waals surface area contributed by atoms with Crippen LogP contribution in [0.2, 0.25) is 0 Å². The molecule has 1 heterocycles. The minimum absolute atomic E-state index is 0.463. The van der Waals surface area contributed by atoms with E-state index < -0.39 is 0 Å². The van der Waals surface area contributed by atoms with E-state index in [9.17, 15) is 0 Å². The highest BCUT2D eigenvalue weighted by atomic mass is 16.5. The molecule has 1 aliphatic heterocycles. The molecule has 1 unspecified atom stereocenters. The lowest BCUT2D eigenvalue weighted by molar-refractivity contribution is 0.00752. The fraction of sp³-hybridized carbons (Fsp3) is 0.696. The second kappa shape index (κ2) is 14.4. The summed E-state index contributed by atoms with van der Waals surface area (Å²) in [5, 5.41) is 6.93. The Morgan fingerprint density at radius 1 is 1.13 bits per heavy atom. The minimum Gasteiger partial charge on any atom is -0.379 e. The fourth-order valence-corrected chi connectivity index (χ4v) is 3.58. The molecule has 0 saturated carbocycles. The quantitative estimate of drug-likeness (QED) is 0.307. The topological polar surface area (TPSA) is 67.4 Å². The van der Waals surface area contributed by atoms with Crippen molar-refractivity contribution in [3.05, 3.63) is 35.4 Å². The molecule has 0 aliphatic carbocycles. The Morgan fingerprint density at radius 3 is 2.57 bits per heavy atom. The molecular weight excluding hydrogens is 380 g/mol. The van der Waals surface area contributed by atoms with Gasteiger partial charge in [0.25, 0.3) is 0 Å². The van der Waals surface area contributed by atoms with E-state index in [1.165, 1.54) is 11.1 Å². The summed E-state index contributed by atoms with van der Waals surface area (Å²) in [7, 11) is 1.82. The van der Waals surface area contributed by atoms with Gasteiger partial charge in [0.15, 0.2) is 5.96 Å². The van der Waals surface area contributed by atoms with Crippen molar-refractivity contribution in [1.82, 2.24) is 15.5 Å². The highest BCUT2D eigenvalue weighted by Crippen LogP contribution is 2.12. The number of benzene rings is 1. The predicted molar refractivity (Wildman–Crippen MR) is 122 cm³/mol. The number of hydrogen-bond acceptors (Lipinski definition) is 5. The molecule has 7 nitrogen and oxygen atoms in total. The molecule has 1 fully saturated rings. The Balaban J connectivity index is 1.78. The van der Waals surface area contributed by atoms with Crippen LogP contribution in [0.15, 0.2) is 29.3 Å². The molecule has 1 aromatic carbocycles. The van der Waals surface area contributed by atoms with Gasteiger partial charge < -0.3 is 24.8 Å². The first-order valence-electron chi connectivity index (χ1n) is 11.1. The van der Waals surface area contributed by atoms with Crippen molar-refractivity contribution in [2.24, 2.45) is 10.9 Å². The minimum atomic E-state index is 0.463. The predicted octanol–water partition coefficient (Wildman–Crippen LogP) is 2.26. The zero-order valence-electron chi connectivity index (χ0n) is 19.2. The molecule has 1 aliphatic rings. The molecule has 170 valence electrons. The third-order valence-electron chi connectivity index (χ3n) is 5.28. The molecule has 1 atom stereocenters. The van der Waals surface area contributed by atoms with E-state index in [0.29, 0.717) is 31.8 Å². The van der Waals surface area contributed by atoms with Crippen LogP contribution in [-0.2, 0) is 27.4 Å². The first-order chi connectivity index (χ1) is 14.6. The molecule has 0 spiro atoms. The average molecular weight is 421 g/mol. The number of guanidine groups is 1. The van der Waals surface area contributed by atoms with Crippen molar-refractivity contribution in [3.8, 4) is 0 Å². The van der Waals surface area contributed by atoms with E-state index in [2.05, 4.69) is 58.6 Å². The SMILES string of the molecule is CCOCCOCc1cccc(CNC(=NC)NCC(C(C)C)N2CCOCC2)c1. The molecule has 1 saturated heterocycles. The van der Waals surface area contributed by atoms with E-state index in [1.54, 1.807) is 0 Å². The lowest BCUT2D eigenvalue weighted by Crippen LogP contribution is -2.52. The Hall–Kier alpha value is -1.67. The van der Waals surface area contributed by atoms with Crippen LogP contribution in [0.1, 0.15) is 31.9 Å². The summed E-state index contributed by atoms with van der Waals surface area (Å²) in [6, 6.07) is 8.92. The van der Waals surface area contributed by atoms with E-state index in [0.717, 1.165) is 52.0 Å². The zero-order chi connectivity index (χ0) is 21.6. The molecule has 1 aromatic rings. The third kappa shape index (κ3) is 9.00. The van der Waals surface area contributed by atoms with Crippen molar-refractivity contribution in [2.45, 2.75) is 40.0 Å². The molecule has 2 rings (SSSR count). The van der Waals surface area contributed by atoms with Gasteiger partial charge in [0.1, 0.15) is 0 Å². The number of rotatable bonds is 12. The van der Waals surface area contributed by atoms with E-state index in [1.807, 2.05) is 14.0 Å². The van der Waals surface area contributed by atoms with Gasteiger partial charge >= 0.3 is 0 Å². The largest absolute Gasteiger partial charge is 0.379 e. The summed E-state index contributed by atoms with van der Waals surface area (Å²) in [6.07, 6.45) is 0. The second-order valence-corrected chi connectivity index (χ2v) is 7.84. The van der Waals surface area contributed by atoms with Gasteiger partial charge in [-0.25, -0.2) is 0 Å². The van der Waals surface area contributed by atoms with Gasteiger partial charge in [-0.3, -0.25) is 9.89 Å². The van der Waals surface area contributed by atoms with Gasteiger partial charge in [-0.15, -0.1) is 0 Å². The number of hydrogen-bond donors (Lipinski definition) is 2. The highest BCUT2D eigenvalue weighted by Gasteiger charge is 2.23. The maximum absolute atomic E-state index is 5.67. The van der Waals surface area contributed by atoms with Crippen LogP contribution in [-0.4, -0.2) is 76.6 Å². The standard InChI is InChI=1S/C23H40N4O3/c1-5-28-13-14-30-18-21-8-6-7-20(15-21)16-25-23(24-4)26-17-22(19(2)3)27-9-11-29-12-10-27/h6-8,15,19,22H,5,9-14,16-18H2,1-4H3,(H2,24,25,26). The van der Waals surface area contributed by atoms with Crippen LogP contribution in [0, 0.1) is 5.92 Å². The van der Waals surface area contributed by atoms with E-state index in [4.69, 9.17) is 14.2 Å². The summed E-state index contributed by atoms with van der Waals surface area (Å²) in [4.78, 5) is 6.91. The Kier molecular flexibility index (Phi) is 11.8. The van der Waals surface area contributed by atoms with Crippen molar-refractivity contribution < 1.29 is 14.2 Å². The van der Waals surface area contributed by atoms with Gasteiger partial charge in [0, 0.05) is 45.9 Å². The van der Waals surface area contributed by atoms with Crippen LogP contribution in [0.4, 0.5) is 0 Å². The highest BCUT2D eigenvalue weighted by molar-refractivity contribution is 5.79. The number of morpholine rings is 1. The molecular formula is C23H40N4O3. The van der Waals surface area contributed by atoms with E-state index >= 15 is 0 Å². The van der Waals surface area contributed by atoms with Crippen LogP contribution in [0.5, 0.6) is 0 Å². The molecule has 0 bridgehead atoms. The van der Waals surface area contributed by atoms with Crippen molar-refractivity contribution in [3.63, 3.8) is 0 Å². The number of ether oxygens (including phenoxy) is 3. The maximum atomic E-state index is 5.67. The fourth-order valence-electron chi connectivity index (χ4n) is 3.58. The molecule has 7 heteroatoms. The van der Waals surface area contributed by atoms with Gasteiger partial charge in [0.05, 0.1) is 33.0 Å². The lowest BCUT2D eigenvalue weighted by Gasteiger charge is -2.37. The van der Waals surface area contributed by atoms with Crippen LogP contribution in [0.25, 0.3) is 0 Å². The van der Waals surface area contributed by atoms with Gasteiger partial charge in [-0.2, -0.15) is 0 Å².